The molecule has 0 atom stereocenters. The van der Waals surface area contributed by atoms with Crippen LogP contribution in [0.4, 0.5) is 14.5 Å². The second kappa shape index (κ2) is 9.83. The largest absolute Gasteiger partial charge is 0.452 e. The number of rotatable bonds is 8. The Hall–Kier alpha value is -2.76. The van der Waals surface area contributed by atoms with Gasteiger partial charge in [-0.2, -0.15) is 8.78 Å². The number of sulfonamides is 1. The predicted molar refractivity (Wildman–Crippen MR) is 104 cm³/mol. The van der Waals surface area contributed by atoms with Crippen molar-refractivity contribution < 1.29 is 36.3 Å². The van der Waals surface area contributed by atoms with Crippen molar-refractivity contribution in [3.05, 3.63) is 53.1 Å². The van der Waals surface area contributed by atoms with E-state index in [0.717, 1.165) is 10.4 Å². The molecular weight excluding hydrogens is 446 g/mol. The summed E-state index contributed by atoms with van der Waals surface area (Å²) in [6.07, 6.45) is 0. The molecule has 2 aromatic carbocycles. The zero-order valence-corrected chi connectivity index (χ0v) is 17.3. The first kappa shape index (κ1) is 23.5. The molecule has 0 aliphatic rings. The zero-order chi connectivity index (χ0) is 22.5. The second-order valence-electron chi connectivity index (χ2n) is 5.96. The lowest BCUT2D eigenvalue weighted by atomic mass is 10.2. The van der Waals surface area contributed by atoms with E-state index in [2.05, 4.69) is 10.1 Å². The summed E-state index contributed by atoms with van der Waals surface area (Å²) < 4.78 is 58.9. The first-order valence-corrected chi connectivity index (χ1v) is 10.1. The highest BCUT2D eigenvalue weighted by molar-refractivity contribution is 7.89. The molecule has 30 heavy (non-hydrogen) atoms. The van der Waals surface area contributed by atoms with Gasteiger partial charge < -0.3 is 14.8 Å². The van der Waals surface area contributed by atoms with Gasteiger partial charge in [-0.05, 0) is 36.4 Å². The molecule has 8 nitrogen and oxygen atoms in total. The van der Waals surface area contributed by atoms with Crippen molar-refractivity contribution >= 4 is 39.2 Å². The standard InChI is InChI=1S/C18H17ClF2N2O6S/c1-23(2)30(26,27)13-6-7-14(19)15(9-13)22-16(24)10-28-17(25)11-4-3-5-12(8-11)29-18(20)21/h3-9,18H,10H2,1-2H3,(H,22,24). The van der Waals surface area contributed by atoms with Crippen LogP contribution in [0.25, 0.3) is 0 Å². The minimum absolute atomic E-state index is 0.00738. The number of benzene rings is 2. The Balaban J connectivity index is 2.04. The minimum Gasteiger partial charge on any atom is -0.452 e. The molecule has 1 amide bonds. The quantitative estimate of drug-likeness (QED) is 0.605. The van der Waals surface area contributed by atoms with Crippen LogP contribution in [0, 0.1) is 0 Å². The summed E-state index contributed by atoms with van der Waals surface area (Å²) in [7, 11) is -1.05. The molecule has 0 spiro atoms. The lowest BCUT2D eigenvalue weighted by Gasteiger charge is -2.14. The normalized spacial score (nSPS) is 11.4. The van der Waals surface area contributed by atoms with Crippen LogP contribution in [0.1, 0.15) is 10.4 Å². The van der Waals surface area contributed by atoms with E-state index < -0.39 is 35.1 Å². The Morgan fingerprint density at radius 1 is 1.17 bits per heavy atom. The first-order chi connectivity index (χ1) is 14.0. The van der Waals surface area contributed by atoms with Crippen LogP contribution in [-0.4, -0.2) is 51.9 Å². The molecule has 0 saturated heterocycles. The molecule has 0 aliphatic heterocycles. The number of alkyl halides is 2. The van der Waals surface area contributed by atoms with E-state index in [1.54, 1.807) is 0 Å². The van der Waals surface area contributed by atoms with Crippen molar-refractivity contribution in [3.63, 3.8) is 0 Å². The number of halogens is 3. The molecular formula is C18H17ClF2N2O6S. The Kier molecular flexibility index (Phi) is 7.71. The summed E-state index contributed by atoms with van der Waals surface area (Å²) >= 11 is 5.98. The number of amides is 1. The Labute approximate surface area is 176 Å². The Morgan fingerprint density at radius 2 is 1.87 bits per heavy atom. The maximum Gasteiger partial charge on any atom is 0.387 e. The van der Waals surface area contributed by atoms with E-state index in [1.807, 2.05) is 0 Å². The van der Waals surface area contributed by atoms with E-state index in [9.17, 15) is 26.8 Å². The number of carbonyl (C=O) groups is 2. The Bertz CT molecular complexity index is 1050. The van der Waals surface area contributed by atoms with Crippen molar-refractivity contribution in [1.82, 2.24) is 4.31 Å². The van der Waals surface area contributed by atoms with Gasteiger partial charge in [0.05, 0.1) is 21.2 Å². The van der Waals surface area contributed by atoms with Gasteiger partial charge in [-0.3, -0.25) is 4.79 Å². The lowest BCUT2D eigenvalue weighted by molar-refractivity contribution is -0.119. The molecule has 0 aliphatic carbocycles. The van der Waals surface area contributed by atoms with Crippen molar-refractivity contribution in [1.29, 1.82) is 0 Å². The fraction of sp³-hybridized carbons (Fsp3) is 0.222. The van der Waals surface area contributed by atoms with E-state index in [4.69, 9.17) is 16.3 Å². The van der Waals surface area contributed by atoms with E-state index in [0.29, 0.717) is 0 Å². The lowest BCUT2D eigenvalue weighted by Crippen LogP contribution is -2.23. The van der Waals surface area contributed by atoms with Crippen molar-refractivity contribution in [2.24, 2.45) is 0 Å². The number of anilines is 1. The van der Waals surface area contributed by atoms with Gasteiger partial charge in [0.15, 0.2) is 6.61 Å². The summed E-state index contributed by atoms with van der Waals surface area (Å²) in [5.41, 5.74) is -0.0916. The highest BCUT2D eigenvalue weighted by Gasteiger charge is 2.19. The zero-order valence-electron chi connectivity index (χ0n) is 15.8. The maximum absolute atomic E-state index is 12.3. The van der Waals surface area contributed by atoms with Crippen LogP contribution < -0.4 is 10.1 Å². The van der Waals surface area contributed by atoms with E-state index in [1.165, 1.54) is 50.5 Å². The van der Waals surface area contributed by atoms with Gasteiger partial charge in [0, 0.05) is 14.1 Å². The molecule has 12 heteroatoms. The SMILES string of the molecule is CN(C)S(=O)(=O)c1ccc(Cl)c(NC(=O)COC(=O)c2cccc(OC(F)F)c2)c1. The third-order valence-corrected chi connectivity index (χ3v) is 5.76. The van der Waals surface area contributed by atoms with Crippen LogP contribution in [0.15, 0.2) is 47.4 Å². The fourth-order valence-corrected chi connectivity index (χ4v) is 3.26. The number of nitrogens with one attached hydrogen (secondary N) is 1. The summed E-state index contributed by atoms with van der Waals surface area (Å²) in [5, 5.41) is 2.42. The maximum atomic E-state index is 12.3. The summed E-state index contributed by atoms with van der Waals surface area (Å²) in [4.78, 5) is 24.0. The fourth-order valence-electron chi connectivity index (χ4n) is 2.17. The number of ether oxygens (including phenoxy) is 2. The van der Waals surface area contributed by atoms with Gasteiger partial charge in [0.1, 0.15) is 5.75 Å². The molecule has 0 radical (unpaired) electrons. The second-order valence-corrected chi connectivity index (χ2v) is 8.52. The van der Waals surface area contributed by atoms with Crippen LogP contribution in [-0.2, 0) is 19.6 Å². The molecule has 1 N–H and O–H groups in total. The van der Waals surface area contributed by atoms with Crippen molar-refractivity contribution in [3.8, 4) is 5.75 Å². The molecule has 0 fully saturated rings. The van der Waals surface area contributed by atoms with Gasteiger partial charge >= 0.3 is 12.6 Å². The van der Waals surface area contributed by atoms with E-state index >= 15 is 0 Å². The molecule has 0 aromatic heterocycles. The number of hydrogen-bond acceptors (Lipinski definition) is 6. The molecule has 162 valence electrons. The molecule has 0 bridgehead atoms. The topological polar surface area (TPSA) is 102 Å². The van der Waals surface area contributed by atoms with E-state index in [-0.39, 0.29) is 26.9 Å². The number of hydrogen-bond donors (Lipinski definition) is 1. The van der Waals surface area contributed by atoms with Crippen LogP contribution in [0.3, 0.4) is 0 Å². The van der Waals surface area contributed by atoms with Crippen molar-refractivity contribution in [2.75, 3.05) is 26.0 Å². The van der Waals surface area contributed by atoms with Crippen LogP contribution >= 0.6 is 11.6 Å². The monoisotopic (exact) mass is 462 g/mol. The predicted octanol–water partition coefficient (Wildman–Crippen LogP) is 2.99. The average molecular weight is 463 g/mol. The molecule has 2 rings (SSSR count). The third kappa shape index (κ3) is 6.12. The first-order valence-electron chi connectivity index (χ1n) is 8.24. The molecule has 0 heterocycles. The number of nitrogens with zero attached hydrogens (tertiary/aromatic N) is 1. The van der Waals surface area contributed by atoms with Crippen LogP contribution in [0.5, 0.6) is 5.75 Å². The summed E-state index contributed by atoms with van der Waals surface area (Å²) in [6.45, 7) is -3.78. The van der Waals surface area contributed by atoms with Gasteiger partial charge in [0.25, 0.3) is 5.91 Å². The Morgan fingerprint density at radius 3 is 2.50 bits per heavy atom. The van der Waals surface area contributed by atoms with Gasteiger partial charge in [0.2, 0.25) is 10.0 Å². The summed E-state index contributed by atoms with van der Waals surface area (Å²) in [5.74, 6) is -1.97. The van der Waals surface area contributed by atoms with Gasteiger partial charge in [-0.15, -0.1) is 0 Å². The highest BCUT2D eigenvalue weighted by atomic mass is 35.5. The molecule has 0 unspecified atom stereocenters. The smallest absolute Gasteiger partial charge is 0.387 e. The number of esters is 1. The third-order valence-electron chi connectivity index (χ3n) is 3.62. The van der Waals surface area contributed by atoms with Crippen LogP contribution in [0.2, 0.25) is 5.02 Å². The summed E-state index contributed by atoms with van der Waals surface area (Å²) in [6, 6.07) is 8.62. The minimum atomic E-state index is -3.75. The van der Waals surface area contributed by atoms with Crippen molar-refractivity contribution in [2.45, 2.75) is 11.5 Å². The average Bonchev–Trinajstić information content (AvgIpc) is 2.67. The number of carbonyl (C=O) groups excluding carboxylic acids is 2. The molecule has 2 aromatic rings. The highest BCUT2D eigenvalue weighted by Crippen LogP contribution is 2.26. The molecule has 0 saturated carbocycles. The van der Waals surface area contributed by atoms with Gasteiger partial charge in [-0.1, -0.05) is 17.7 Å². The van der Waals surface area contributed by atoms with Gasteiger partial charge in [-0.25, -0.2) is 17.5 Å².